The lowest BCUT2D eigenvalue weighted by Gasteiger charge is -2.38. The minimum Gasteiger partial charge on any atom is -0.397 e. The molecule has 0 bridgehead atoms. The Labute approximate surface area is 401 Å². The van der Waals surface area contributed by atoms with Crippen molar-refractivity contribution >= 4 is 72.3 Å². The molecule has 0 aromatic heterocycles. The van der Waals surface area contributed by atoms with Gasteiger partial charge in [0.1, 0.15) is 0 Å². The third-order valence-corrected chi connectivity index (χ3v) is 11.9. The molecule has 2 saturated carbocycles. The van der Waals surface area contributed by atoms with Crippen molar-refractivity contribution in [1.82, 2.24) is 0 Å². The van der Waals surface area contributed by atoms with Gasteiger partial charge in [-0.15, -0.1) is 0 Å². The molecule has 0 atom stereocenters. The lowest BCUT2D eigenvalue weighted by molar-refractivity contribution is -0.115. The van der Waals surface area contributed by atoms with Crippen molar-refractivity contribution in [3.8, 4) is 0 Å². The molecule has 1 saturated heterocycles. The Morgan fingerprint density at radius 1 is 0.730 bits per heavy atom. The number of hydrogen-bond acceptors (Lipinski definition) is 7. The third kappa shape index (κ3) is 19.0. The van der Waals surface area contributed by atoms with Crippen LogP contribution in [0.3, 0.4) is 0 Å². The number of benzene rings is 4. The molecule has 3 fully saturated rings. The van der Waals surface area contributed by atoms with E-state index in [4.69, 9.17) is 16.0 Å². The molecule has 0 unspecified atom stereocenters. The van der Waals surface area contributed by atoms with Crippen molar-refractivity contribution in [1.29, 1.82) is 0 Å². The highest BCUT2D eigenvalue weighted by atomic mass is 79.9. The number of rotatable bonds is 12. The second-order valence-electron chi connectivity index (χ2n) is 17.3. The topological polar surface area (TPSA) is 100 Å². The molecule has 8 nitrogen and oxygen atoms in total. The number of aryl methyl sites for hydroxylation is 2. The Hall–Kier alpha value is -3.95. The van der Waals surface area contributed by atoms with E-state index in [1.54, 1.807) is 12.1 Å². The zero-order valence-electron chi connectivity index (χ0n) is 42.4. The molecule has 1 heterocycles. The van der Waals surface area contributed by atoms with Crippen LogP contribution in [-0.4, -0.2) is 50.3 Å². The predicted octanol–water partition coefficient (Wildman–Crippen LogP) is 14.3. The summed E-state index contributed by atoms with van der Waals surface area (Å²) < 4.78 is 41.7. The highest BCUT2D eigenvalue weighted by Crippen LogP contribution is 2.36. The standard InChI is InChI=1S/C25H33BrN2O.C16H25BrN2.C8H7NO.C4H8O/c1-18(2)17-28(22-7-5-4-6-8-22)24-14-13-21(26)16-23(24)27-25(29)15-20-11-9-19(3)10-12-20;1-12(2)11-19(14-6-4-3-5-7-14)16-9-8-13(17)10-15(16)18;1-7-2-4-8(5-3-7)9-6-10;1-2-4-5-3-1/h9-14,16,18,22H,4-8,15,17H2,1-3H3,(H,27,29);8-10,12,14H,3-7,11,18H2,1-2H3;2-5H,1H3;1-4H2/i17D2;11D2;;. The minimum absolute atomic E-state index is 0.0949. The van der Waals surface area contributed by atoms with Crippen LogP contribution in [0.25, 0.3) is 0 Å². The molecule has 3 N–H and O–H groups in total. The zero-order valence-corrected chi connectivity index (χ0v) is 41.6. The zero-order chi connectivity index (χ0) is 49.1. The number of amides is 1. The van der Waals surface area contributed by atoms with Crippen LogP contribution in [0, 0.1) is 25.7 Å². The van der Waals surface area contributed by atoms with Crippen molar-refractivity contribution < 1.29 is 19.8 Å². The molecule has 1 aliphatic heterocycles. The second-order valence-corrected chi connectivity index (χ2v) is 19.2. The van der Waals surface area contributed by atoms with Gasteiger partial charge in [0.25, 0.3) is 0 Å². The van der Waals surface area contributed by atoms with E-state index >= 15 is 0 Å². The average Bonchev–Trinajstić information content (AvgIpc) is 3.89. The maximum Gasteiger partial charge on any atom is 0.240 e. The quantitative estimate of drug-likeness (QED) is 0.0833. The lowest BCUT2D eigenvalue weighted by atomic mass is 9.93. The summed E-state index contributed by atoms with van der Waals surface area (Å²) in [7, 11) is 0. The van der Waals surface area contributed by atoms with Gasteiger partial charge in [0.15, 0.2) is 0 Å². The fourth-order valence-corrected chi connectivity index (χ4v) is 8.55. The van der Waals surface area contributed by atoms with Crippen LogP contribution in [0.5, 0.6) is 0 Å². The van der Waals surface area contributed by atoms with E-state index in [1.165, 1.54) is 44.6 Å². The summed E-state index contributed by atoms with van der Waals surface area (Å²) in [5.41, 5.74) is 13.0. The number of nitrogens with zero attached hydrogens (tertiary/aromatic N) is 3. The van der Waals surface area contributed by atoms with Gasteiger partial charge in [-0.05, 0) is 118 Å². The van der Waals surface area contributed by atoms with Crippen LogP contribution in [0.1, 0.15) is 127 Å². The number of nitrogen functional groups attached to an aromatic ring is 1. The van der Waals surface area contributed by atoms with Gasteiger partial charge in [0.2, 0.25) is 12.0 Å². The molecule has 10 heteroatoms. The van der Waals surface area contributed by atoms with Crippen LogP contribution < -0.4 is 20.9 Å². The molecule has 3 aliphatic rings. The molecule has 4 aromatic carbocycles. The second kappa shape index (κ2) is 28.1. The molecule has 2 aliphatic carbocycles. The number of anilines is 4. The Morgan fingerprint density at radius 2 is 1.21 bits per heavy atom. The number of isocyanates is 1. The lowest BCUT2D eigenvalue weighted by Crippen LogP contribution is -2.40. The number of carbonyl (C=O) groups excluding carboxylic acids is 2. The van der Waals surface area contributed by atoms with E-state index in [0.29, 0.717) is 17.1 Å². The minimum atomic E-state index is -1.52. The summed E-state index contributed by atoms with van der Waals surface area (Å²) in [4.78, 5) is 30.0. The normalized spacial score (nSPS) is 16.5. The van der Waals surface area contributed by atoms with Crippen LogP contribution in [-0.2, 0) is 20.7 Å². The van der Waals surface area contributed by atoms with Crippen LogP contribution in [0.15, 0.2) is 98.9 Å². The number of carbonyl (C=O) groups is 1. The smallest absolute Gasteiger partial charge is 0.240 e. The maximum absolute atomic E-state index is 12.9. The molecule has 0 radical (unpaired) electrons. The largest absolute Gasteiger partial charge is 0.397 e. The molecule has 0 spiro atoms. The fourth-order valence-electron chi connectivity index (χ4n) is 7.81. The van der Waals surface area contributed by atoms with Crippen LogP contribution in [0.2, 0.25) is 0 Å². The number of nitrogens with one attached hydrogen (secondary N) is 1. The van der Waals surface area contributed by atoms with Crippen LogP contribution >= 0.6 is 31.9 Å². The first-order valence-corrected chi connectivity index (χ1v) is 24.4. The number of hydrogen-bond donors (Lipinski definition) is 2. The summed E-state index contributed by atoms with van der Waals surface area (Å²) in [6.45, 7) is 10.8. The fraction of sp³-hybridized carbons (Fsp3) is 0.509. The summed E-state index contributed by atoms with van der Waals surface area (Å²) in [5, 5.41) is 3.07. The number of ether oxygens (including phenoxy) is 1. The predicted molar refractivity (Wildman–Crippen MR) is 273 cm³/mol. The number of halogens is 2. The van der Waals surface area contributed by atoms with Crippen molar-refractivity contribution in [3.63, 3.8) is 0 Å². The van der Waals surface area contributed by atoms with Gasteiger partial charge in [-0.25, -0.2) is 4.79 Å². The van der Waals surface area contributed by atoms with E-state index in [9.17, 15) is 9.59 Å². The molecular formula is C53H73Br2N5O3. The van der Waals surface area contributed by atoms with E-state index < -0.39 is 13.0 Å². The Bertz CT molecular complexity index is 2160. The SMILES string of the molecule is C1CCOC1.Cc1ccc(N=C=O)cc1.[2H]C([2H])(C(C)C)N(c1ccc(Br)cc1N)C1CCCCC1.[2H]C([2H])(C(C)C)N(c1ccc(Br)cc1NC(=O)Cc1ccc(C)cc1)C1CCCCC1. The molecule has 4 aromatic rings. The average molecular weight is 992 g/mol. The van der Waals surface area contributed by atoms with E-state index in [0.717, 1.165) is 88.7 Å². The van der Waals surface area contributed by atoms with Gasteiger partial charge in [-0.3, -0.25) is 4.79 Å². The van der Waals surface area contributed by atoms with Gasteiger partial charge in [0.05, 0.1) is 34.9 Å². The first-order chi connectivity index (χ1) is 31.8. The molecular weight excluding hydrogens is 914 g/mol. The van der Waals surface area contributed by atoms with Gasteiger partial charge in [-0.1, -0.05) is 146 Å². The van der Waals surface area contributed by atoms with Gasteiger partial charge < -0.3 is 25.6 Å². The number of nitrogens with two attached hydrogens (primary N) is 1. The van der Waals surface area contributed by atoms with Crippen molar-refractivity contribution in [2.24, 2.45) is 16.8 Å². The Kier molecular flexibility index (Phi) is 20.3. The summed E-state index contributed by atoms with van der Waals surface area (Å²) in [5.74, 6) is -0.381. The Balaban J connectivity index is 0.000000231. The first-order valence-electron chi connectivity index (χ1n) is 24.9. The van der Waals surface area contributed by atoms with Gasteiger partial charge in [0, 0.05) is 52.7 Å². The maximum atomic E-state index is 12.9. The van der Waals surface area contributed by atoms with E-state index in [2.05, 4.69) is 42.2 Å². The molecule has 7 rings (SSSR count). The summed E-state index contributed by atoms with van der Waals surface area (Å²) >= 11 is 6.95. The molecule has 342 valence electrons. The van der Waals surface area contributed by atoms with Crippen LogP contribution in [0.4, 0.5) is 28.4 Å². The van der Waals surface area contributed by atoms with E-state index in [1.807, 2.05) is 124 Å². The van der Waals surface area contributed by atoms with Crippen molar-refractivity contribution in [2.45, 2.75) is 137 Å². The highest BCUT2D eigenvalue weighted by molar-refractivity contribution is 9.10. The van der Waals surface area contributed by atoms with Gasteiger partial charge >= 0.3 is 0 Å². The van der Waals surface area contributed by atoms with Crippen molar-refractivity contribution in [3.05, 3.63) is 111 Å². The summed E-state index contributed by atoms with van der Waals surface area (Å²) in [6.07, 6.45) is 15.4. The first kappa shape index (κ1) is 45.6. The number of aliphatic imine (C=N–C) groups is 1. The van der Waals surface area contributed by atoms with Crippen molar-refractivity contribution in [2.75, 3.05) is 47.1 Å². The Morgan fingerprint density at radius 3 is 1.67 bits per heavy atom. The highest BCUT2D eigenvalue weighted by Gasteiger charge is 2.26. The summed E-state index contributed by atoms with van der Waals surface area (Å²) in [6, 6.07) is 27.2. The van der Waals surface area contributed by atoms with E-state index in [-0.39, 0.29) is 36.2 Å². The molecule has 63 heavy (non-hydrogen) atoms. The molecule has 1 amide bonds. The monoisotopic (exact) mass is 989 g/mol. The van der Waals surface area contributed by atoms with Gasteiger partial charge in [-0.2, -0.15) is 4.99 Å². The third-order valence-electron chi connectivity index (χ3n) is 10.9.